The lowest BCUT2D eigenvalue weighted by Gasteiger charge is -2.13. The number of rotatable bonds is 5. The highest BCUT2D eigenvalue weighted by molar-refractivity contribution is 5.91. The average molecular weight is 334 g/mol. The number of halogens is 2. The highest BCUT2D eigenvalue weighted by Crippen LogP contribution is 2.21. The van der Waals surface area contributed by atoms with Gasteiger partial charge in [0, 0.05) is 12.2 Å². The minimum Gasteiger partial charge on any atom is -0.435 e. The van der Waals surface area contributed by atoms with E-state index in [2.05, 4.69) is 15.4 Å². The van der Waals surface area contributed by atoms with Crippen LogP contribution in [0, 0.1) is 20.8 Å². The molecule has 0 saturated heterocycles. The molecule has 0 fully saturated rings. The van der Waals surface area contributed by atoms with E-state index in [4.69, 9.17) is 0 Å². The molecule has 0 aromatic heterocycles. The van der Waals surface area contributed by atoms with Crippen LogP contribution in [0.15, 0.2) is 36.4 Å². The number of carbonyl (C=O) groups is 1. The summed E-state index contributed by atoms with van der Waals surface area (Å²) < 4.78 is 28.4. The lowest BCUT2D eigenvalue weighted by atomic mass is 10.1. The molecule has 6 heteroatoms. The largest absolute Gasteiger partial charge is 0.435 e. The molecule has 0 aliphatic heterocycles. The molecule has 0 bridgehead atoms. The third kappa shape index (κ3) is 4.94. The van der Waals surface area contributed by atoms with Gasteiger partial charge in [-0.1, -0.05) is 29.8 Å². The highest BCUT2D eigenvalue weighted by Gasteiger charge is 2.08. The van der Waals surface area contributed by atoms with Crippen molar-refractivity contribution in [3.05, 3.63) is 58.7 Å². The Balaban J connectivity index is 1.92. The Hall–Kier alpha value is -2.63. The van der Waals surface area contributed by atoms with Crippen molar-refractivity contribution in [3.63, 3.8) is 0 Å². The van der Waals surface area contributed by atoms with Gasteiger partial charge < -0.3 is 15.4 Å². The molecule has 0 atom stereocenters. The van der Waals surface area contributed by atoms with Gasteiger partial charge in [-0.3, -0.25) is 0 Å². The fourth-order valence-electron chi connectivity index (χ4n) is 2.51. The standard InChI is InChI=1S/C18H20F2N2O2/c1-11-8-12(2)16(13(3)9-11)22-18(23)21-10-14-4-6-15(7-5-14)24-17(19)20/h4-9,17H,10H2,1-3H3,(H2,21,22,23). The third-order valence-corrected chi connectivity index (χ3v) is 3.52. The van der Waals surface area contributed by atoms with Gasteiger partial charge in [0.1, 0.15) is 5.75 Å². The number of amides is 2. The van der Waals surface area contributed by atoms with E-state index in [0.29, 0.717) is 0 Å². The van der Waals surface area contributed by atoms with Gasteiger partial charge in [-0.2, -0.15) is 8.78 Å². The second kappa shape index (κ2) is 7.77. The monoisotopic (exact) mass is 334 g/mol. The molecule has 4 nitrogen and oxygen atoms in total. The van der Waals surface area contributed by atoms with Crippen LogP contribution in [0.2, 0.25) is 0 Å². The van der Waals surface area contributed by atoms with Crippen LogP contribution in [0.25, 0.3) is 0 Å². The van der Waals surface area contributed by atoms with E-state index in [-0.39, 0.29) is 18.3 Å². The summed E-state index contributed by atoms with van der Waals surface area (Å²) in [6.07, 6.45) is 0. The minimum absolute atomic E-state index is 0.0871. The minimum atomic E-state index is -2.85. The van der Waals surface area contributed by atoms with Crippen molar-refractivity contribution in [2.24, 2.45) is 0 Å². The number of hydrogen-bond acceptors (Lipinski definition) is 2. The van der Waals surface area contributed by atoms with Gasteiger partial charge in [-0.05, 0) is 49.6 Å². The molecule has 0 unspecified atom stereocenters. The number of ether oxygens (including phenoxy) is 1. The van der Waals surface area contributed by atoms with Crippen LogP contribution in [-0.2, 0) is 6.54 Å². The van der Waals surface area contributed by atoms with Crippen LogP contribution in [-0.4, -0.2) is 12.6 Å². The summed E-state index contributed by atoms with van der Waals surface area (Å²) in [5, 5.41) is 5.58. The summed E-state index contributed by atoms with van der Waals surface area (Å²) in [4.78, 5) is 12.0. The molecule has 0 radical (unpaired) electrons. The molecule has 0 aliphatic carbocycles. The molecule has 2 amide bonds. The Morgan fingerprint density at radius 2 is 1.67 bits per heavy atom. The molecule has 2 N–H and O–H groups in total. The third-order valence-electron chi connectivity index (χ3n) is 3.52. The molecule has 0 saturated carbocycles. The Morgan fingerprint density at radius 3 is 2.21 bits per heavy atom. The van der Waals surface area contributed by atoms with Gasteiger partial charge >= 0.3 is 12.6 Å². The van der Waals surface area contributed by atoms with Gasteiger partial charge in [0.2, 0.25) is 0 Å². The summed E-state index contributed by atoms with van der Waals surface area (Å²) in [6, 6.07) is 9.82. The molecule has 128 valence electrons. The van der Waals surface area contributed by atoms with Crippen LogP contribution >= 0.6 is 0 Å². The van der Waals surface area contributed by atoms with Crippen molar-refractivity contribution in [2.75, 3.05) is 5.32 Å². The fraction of sp³-hybridized carbons (Fsp3) is 0.278. The average Bonchev–Trinajstić information content (AvgIpc) is 2.49. The molecular weight excluding hydrogens is 314 g/mol. The number of urea groups is 1. The number of hydrogen-bond donors (Lipinski definition) is 2. The first kappa shape index (κ1) is 17.7. The van der Waals surface area contributed by atoms with Crippen molar-refractivity contribution >= 4 is 11.7 Å². The zero-order valence-corrected chi connectivity index (χ0v) is 13.8. The molecule has 0 heterocycles. The van der Waals surface area contributed by atoms with E-state index >= 15 is 0 Å². The lowest BCUT2D eigenvalue weighted by molar-refractivity contribution is -0.0498. The van der Waals surface area contributed by atoms with Crippen molar-refractivity contribution < 1.29 is 18.3 Å². The Labute approximate surface area is 139 Å². The summed E-state index contributed by atoms with van der Waals surface area (Å²) in [5.41, 5.74) is 4.71. The van der Waals surface area contributed by atoms with Crippen molar-refractivity contribution in [2.45, 2.75) is 33.9 Å². The van der Waals surface area contributed by atoms with Crippen LogP contribution in [0.3, 0.4) is 0 Å². The summed E-state index contributed by atoms with van der Waals surface area (Å²) in [7, 11) is 0. The maximum Gasteiger partial charge on any atom is 0.387 e. The van der Waals surface area contributed by atoms with E-state index in [9.17, 15) is 13.6 Å². The maximum absolute atomic E-state index is 12.1. The zero-order chi connectivity index (χ0) is 17.7. The molecule has 2 aromatic rings. The number of aryl methyl sites for hydroxylation is 3. The molecule has 2 aromatic carbocycles. The van der Waals surface area contributed by atoms with Crippen LogP contribution in [0.4, 0.5) is 19.3 Å². The fourth-order valence-corrected chi connectivity index (χ4v) is 2.51. The van der Waals surface area contributed by atoms with Gasteiger partial charge in [-0.25, -0.2) is 4.79 Å². The number of alkyl halides is 2. The van der Waals surface area contributed by atoms with Crippen molar-refractivity contribution in [1.29, 1.82) is 0 Å². The molecule has 0 spiro atoms. The van der Waals surface area contributed by atoms with Gasteiger partial charge in [0.05, 0.1) is 0 Å². The highest BCUT2D eigenvalue weighted by atomic mass is 19.3. The van der Waals surface area contributed by atoms with Crippen LogP contribution in [0.1, 0.15) is 22.3 Å². The summed E-state index contributed by atoms with van der Waals surface area (Å²) in [5.74, 6) is 0.0871. The van der Waals surface area contributed by atoms with Crippen molar-refractivity contribution in [3.8, 4) is 5.75 Å². The topological polar surface area (TPSA) is 50.4 Å². The Bertz CT molecular complexity index is 692. The van der Waals surface area contributed by atoms with E-state index < -0.39 is 6.61 Å². The maximum atomic E-state index is 12.1. The summed E-state index contributed by atoms with van der Waals surface area (Å²) in [6.45, 7) is 3.32. The predicted octanol–water partition coefficient (Wildman–Crippen LogP) is 4.53. The van der Waals surface area contributed by atoms with E-state index in [0.717, 1.165) is 27.9 Å². The number of nitrogens with one attached hydrogen (secondary N) is 2. The van der Waals surface area contributed by atoms with Crippen molar-refractivity contribution in [1.82, 2.24) is 5.32 Å². The van der Waals surface area contributed by atoms with Gasteiger partial charge in [-0.15, -0.1) is 0 Å². The number of benzene rings is 2. The molecule has 0 aliphatic rings. The Kier molecular flexibility index (Phi) is 5.73. The SMILES string of the molecule is Cc1cc(C)c(NC(=O)NCc2ccc(OC(F)F)cc2)c(C)c1. The quantitative estimate of drug-likeness (QED) is 0.844. The first-order valence-corrected chi connectivity index (χ1v) is 7.51. The smallest absolute Gasteiger partial charge is 0.387 e. The first-order chi connectivity index (χ1) is 11.3. The zero-order valence-electron chi connectivity index (χ0n) is 13.8. The summed E-state index contributed by atoms with van der Waals surface area (Å²) >= 11 is 0. The molecule has 24 heavy (non-hydrogen) atoms. The number of carbonyl (C=O) groups excluding carboxylic acids is 1. The second-order valence-electron chi connectivity index (χ2n) is 5.60. The van der Waals surface area contributed by atoms with E-state index in [1.807, 2.05) is 32.9 Å². The molecule has 2 rings (SSSR count). The van der Waals surface area contributed by atoms with Gasteiger partial charge in [0.25, 0.3) is 0 Å². The second-order valence-corrected chi connectivity index (χ2v) is 5.60. The Morgan fingerprint density at radius 1 is 1.08 bits per heavy atom. The normalized spacial score (nSPS) is 10.6. The first-order valence-electron chi connectivity index (χ1n) is 7.51. The number of anilines is 1. The van der Waals surface area contributed by atoms with Crippen LogP contribution < -0.4 is 15.4 Å². The van der Waals surface area contributed by atoms with E-state index in [1.165, 1.54) is 12.1 Å². The predicted molar refractivity (Wildman–Crippen MR) is 89.6 cm³/mol. The lowest BCUT2D eigenvalue weighted by Crippen LogP contribution is -2.28. The molecular formula is C18H20F2N2O2. The van der Waals surface area contributed by atoms with Crippen LogP contribution in [0.5, 0.6) is 5.75 Å². The van der Waals surface area contributed by atoms with E-state index in [1.54, 1.807) is 12.1 Å². The van der Waals surface area contributed by atoms with Gasteiger partial charge in [0.15, 0.2) is 0 Å².